The number of nitrogens with one attached hydrogen (secondary N) is 1. The lowest BCUT2D eigenvalue weighted by Gasteiger charge is -2.38. The zero-order valence-electron chi connectivity index (χ0n) is 24.0. The predicted molar refractivity (Wildman–Crippen MR) is 166 cm³/mol. The fourth-order valence-corrected chi connectivity index (χ4v) is 7.77. The minimum atomic E-state index is -1.37. The second-order valence-electron chi connectivity index (χ2n) is 11.4. The van der Waals surface area contributed by atoms with E-state index in [2.05, 4.69) is 21.3 Å². The van der Waals surface area contributed by atoms with Crippen molar-refractivity contribution in [2.24, 2.45) is 5.41 Å². The first-order chi connectivity index (χ1) is 21.1. The molecule has 1 saturated carbocycles. The standard InChI is InChI=1S/C31H33Cl2N5O5S/c32-19-4-3-5-20(33)25(19)28-26(29(40)41)21(6-7-23-35-10-15-44-23)36-22(27(28)30(42)43)16-24(39)38-13-11-37(12-14-38)18-31(17-34)8-1-2-9-31/h3-5,10,15,28,36H,1-2,6-9,11-14,16,18H2,(H,40,41)(H,42,43). The number of nitriles is 1. The molecule has 13 heteroatoms. The lowest BCUT2D eigenvalue weighted by molar-refractivity contribution is -0.133. The first-order valence-electron chi connectivity index (χ1n) is 14.6. The fourth-order valence-electron chi connectivity index (χ4n) is 6.54. The number of aryl methyl sites for hydroxylation is 1. The fraction of sp³-hybridized carbons (Fsp3) is 0.452. The SMILES string of the molecule is N#CC1(CN2CCN(C(=O)CC3=C(C(=O)O)C(c4c(Cl)cccc4Cl)C(C(=O)O)=C(CCc4nccs4)N3)CC2)CCCC1. The van der Waals surface area contributed by atoms with Crippen molar-refractivity contribution >= 4 is 52.4 Å². The normalized spacial score (nSPS) is 20.4. The van der Waals surface area contributed by atoms with Crippen molar-refractivity contribution in [3.05, 3.63) is 72.9 Å². The number of allylic oxidation sites excluding steroid dienone is 1. The van der Waals surface area contributed by atoms with Gasteiger partial charge in [0, 0.05) is 77.7 Å². The Morgan fingerprint density at radius 3 is 2.23 bits per heavy atom. The molecule has 0 spiro atoms. The summed E-state index contributed by atoms with van der Waals surface area (Å²) in [5.41, 5.74) is -0.228. The lowest BCUT2D eigenvalue weighted by atomic mass is 9.79. The van der Waals surface area contributed by atoms with E-state index in [4.69, 9.17) is 23.2 Å². The van der Waals surface area contributed by atoms with Gasteiger partial charge < -0.3 is 20.4 Å². The van der Waals surface area contributed by atoms with E-state index in [0.29, 0.717) is 39.1 Å². The van der Waals surface area contributed by atoms with E-state index < -0.39 is 17.9 Å². The quantitative estimate of drug-likeness (QED) is 0.319. The van der Waals surface area contributed by atoms with Gasteiger partial charge in [0.2, 0.25) is 5.91 Å². The average molecular weight is 659 g/mol. The molecule has 232 valence electrons. The minimum absolute atomic E-state index is 0.111. The number of amides is 1. The number of nitrogens with zero attached hydrogens (tertiary/aromatic N) is 4. The Labute approximate surface area is 269 Å². The molecule has 1 atom stereocenters. The smallest absolute Gasteiger partial charge is 0.334 e. The van der Waals surface area contributed by atoms with Gasteiger partial charge in [-0.1, -0.05) is 42.1 Å². The highest BCUT2D eigenvalue weighted by Crippen LogP contribution is 2.45. The number of hydrogen-bond acceptors (Lipinski definition) is 8. The van der Waals surface area contributed by atoms with E-state index in [1.807, 2.05) is 5.38 Å². The Hall–Kier alpha value is -3.43. The van der Waals surface area contributed by atoms with Crippen molar-refractivity contribution < 1.29 is 24.6 Å². The van der Waals surface area contributed by atoms with E-state index in [1.54, 1.807) is 17.2 Å². The van der Waals surface area contributed by atoms with Gasteiger partial charge in [0.1, 0.15) is 0 Å². The Morgan fingerprint density at radius 2 is 1.66 bits per heavy atom. The maximum Gasteiger partial charge on any atom is 0.334 e. The number of halogens is 2. The van der Waals surface area contributed by atoms with E-state index in [0.717, 1.165) is 30.7 Å². The number of carboxylic acid groups (broad SMARTS) is 2. The molecule has 2 fully saturated rings. The monoisotopic (exact) mass is 657 g/mol. The zero-order valence-corrected chi connectivity index (χ0v) is 26.3. The molecule has 1 amide bonds. The van der Waals surface area contributed by atoms with Gasteiger partial charge >= 0.3 is 11.9 Å². The Morgan fingerprint density at radius 1 is 1.02 bits per heavy atom. The van der Waals surface area contributed by atoms with Crippen LogP contribution in [-0.2, 0) is 20.8 Å². The molecule has 3 N–H and O–H groups in total. The number of thiazole rings is 1. The number of aromatic nitrogens is 1. The second kappa shape index (κ2) is 13.7. The molecule has 1 saturated heterocycles. The molecule has 1 aromatic heterocycles. The highest BCUT2D eigenvalue weighted by molar-refractivity contribution is 7.09. The Bertz CT molecular complexity index is 1520. The van der Waals surface area contributed by atoms with Crippen LogP contribution in [0.2, 0.25) is 10.0 Å². The Kier molecular flexibility index (Phi) is 9.95. The summed E-state index contributed by atoms with van der Waals surface area (Å²) >= 11 is 14.5. The highest BCUT2D eigenvalue weighted by atomic mass is 35.5. The van der Waals surface area contributed by atoms with Gasteiger partial charge in [-0.2, -0.15) is 5.26 Å². The maximum atomic E-state index is 13.6. The maximum absolute atomic E-state index is 13.6. The number of benzene rings is 1. The summed E-state index contributed by atoms with van der Waals surface area (Å²) in [5.74, 6) is -4.27. The van der Waals surface area contributed by atoms with Crippen LogP contribution in [0.3, 0.4) is 0 Å². The molecular formula is C31H33Cl2N5O5S. The number of dihydropyridines is 1. The topological polar surface area (TPSA) is 147 Å². The van der Waals surface area contributed by atoms with Crippen molar-refractivity contribution in [1.29, 1.82) is 5.26 Å². The van der Waals surface area contributed by atoms with E-state index in [-0.39, 0.29) is 62.3 Å². The molecule has 1 unspecified atom stereocenters. The van der Waals surface area contributed by atoms with Crippen LogP contribution in [-0.4, -0.2) is 75.6 Å². The van der Waals surface area contributed by atoms with Gasteiger partial charge in [-0.05, 0) is 31.4 Å². The van der Waals surface area contributed by atoms with Crippen LogP contribution >= 0.6 is 34.5 Å². The van der Waals surface area contributed by atoms with Crippen LogP contribution in [0, 0.1) is 16.7 Å². The largest absolute Gasteiger partial charge is 0.478 e. The van der Waals surface area contributed by atoms with Crippen LogP contribution in [0.25, 0.3) is 0 Å². The van der Waals surface area contributed by atoms with Gasteiger partial charge in [0.15, 0.2) is 0 Å². The van der Waals surface area contributed by atoms with Crippen molar-refractivity contribution in [1.82, 2.24) is 20.1 Å². The molecule has 2 aliphatic heterocycles. The molecule has 1 aliphatic carbocycles. The van der Waals surface area contributed by atoms with Gasteiger partial charge in [-0.15, -0.1) is 11.3 Å². The summed E-state index contributed by atoms with van der Waals surface area (Å²) in [5, 5.41) is 36.6. The summed E-state index contributed by atoms with van der Waals surface area (Å²) in [6.45, 7) is 2.82. The third-order valence-corrected chi connectivity index (χ3v) is 10.2. The van der Waals surface area contributed by atoms with Crippen molar-refractivity contribution in [2.45, 2.75) is 50.9 Å². The number of rotatable bonds is 10. The summed E-state index contributed by atoms with van der Waals surface area (Å²) in [7, 11) is 0. The molecule has 3 heterocycles. The molecule has 5 rings (SSSR count). The molecule has 44 heavy (non-hydrogen) atoms. The molecule has 2 aromatic rings. The Balaban J connectivity index is 1.43. The van der Waals surface area contributed by atoms with Crippen molar-refractivity contribution in [3.8, 4) is 6.07 Å². The molecular weight excluding hydrogens is 625 g/mol. The van der Waals surface area contributed by atoms with E-state index >= 15 is 0 Å². The molecule has 1 aromatic carbocycles. The molecule has 3 aliphatic rings. The number of carboxylic acids is 2. The summed E-state index contributed by atoms with van der Waals surface area (Å²) < 4.78 is 0. The molecule has 0 bridgehead atoms. The van der Waals surface area contributed by atoms with Crippen LogP contribution < -0.4 is 5.32 Å². The average Bonchev–Trinajstić information content (AvgIpc) is 3.69. The van der Waals surface area contributed by atoms with E-state index in [1.165, 1.54) is 23.5 Å². The van der Waals surface area contributed by atoms with Gasteiger partial charge in [-0.3, -0.25) is 9.69 Å². The molecule has 10 nitrogen and oxygen atoms in total. The first kappa shape index (κ1) is 32.0. The third kappa shape index (κ3) is 6.79. The summed E-state index contributed by atoms with van der Waals surface area (Å²) in [4.78, 5) is 47.5. The number of piperazine rings is 1. The van der Waals surface area contributed by atoms with Crippen LogP contribution in [0.15, 0.2) is 52.3 Å². The predicted octanol–water partition coefficient (Wildman–Crippen LogP) is 5.07. The number of aliphatic carboxylic acids is 2. The van der Waals surface area contributed by atoms with Crippen molar-refractivity contribution in [2.75, 3.05) is 32.7 Å². The van der Waals surface area contributed by atoms with Crippen molar-refractivity contribution in [3.63, 3.8) is 0 Å². The van der Waals surface area contributed by atoms with E-state index in [9.17, 15) is 29.9 Å². The minimum Gasteiger partial charge on any atom is -0.478 e. The first-order valence-corrected chi connectivity index (χ1v) is 16.2. The lowest BCUT2D eigenvalue weighted by Crippen LogP contribution is -2.51. The third-order valence-electron chi connectivity index (χ3n) is 8.73. The second-order valence-corrected chi connectivity index (χ2v) is 13.2. The van der Waals surface area contributed by atoms with Crippen LogP contribution in [0.4, 0.5) is 0 Å². The number of carbonyl (C=O) groups excluding carboxylic acids is 1. The number of hydrogen-bond donors (Lipinski definition) is 3. The van der Waals surface area contributed by atoms with Gasteiger partial charge in [0.05, 0.1) is 40.0 Å². The van der Waals surface area contributed by atoms with Crippen LogP contribution in [0.1, 0.15) is 55.0 Å². The number of carbonyl (C=O) groups is 3. The highest BCUT2D eigenvalue weighted by Gasteiger charge is 2.41. The summed E-state index contributed by atoms with van der Waals surface area (Å²) in [6, 6.07) is 7.19. The van der Waals surface area contributed by atoms with Gasteiger partial charge in [0.25, 0.3) is 0 Å². The zero-order chi connectivity index (χ0) is 31.4. The molecule has 0 radical (unpaired) electrons. The summed E-state index contributed by atoms with van der Waals surface area (Å²) in [6.07, 6.45) is 5.94. The van der Waals surface area contributed by atoms with Crippen LogP contribution in [0.5, 0.6) is 0 Å². The van der Waals surface area contributed by atoms with Gasteiger partial charge in [-0.25, -0.2) is 14.6 Å².